The quantitative estimate of drug-likeness (QED) is 0.534. The van der Waals surface area contributed by atoms with Crippen molar-refractivity contribution < 1.29 is 9.18 Å². The number of hydrogen-bond acceptors (Lipinski definition) is 2. The summed E-state index contributed by atoms with van der Waals surface area (Å²) in [6.07, 6.45) is 0. The van der Waals surface area contributed by atoms with E-state index >= 15 is 0 Å². The van der Waals surface area contributed by atoms with E-state index in [1.165, 1.54) is 23.5 Å². The number of rotatable bonds is 3. The summed E-state index contributed by atoms with van der Waals surface area (Å²) in [4.78, 5) is 13.3. The van der Waals surface area contributed by atoms with E-state index in [4.69, 9.17) is 11.6 Å². The Hall–Kier alpha value is -1.71. The molecule has 0 saturated heterocycles. The maximum absolute atomic E-state index is 13.4. The molecule has 0 aliphatic carbocycles. The fraction of sp³-hybridized carbons (Fsp3) is 0.167. The lowest BCUT2D eigenvalue weighted by atomic mass is 9.94. The van der Waals surface area contributed by atoms with Crippen LogP contribution in [0.25, 0.3) is 10.1 Å². The first-order chi connectivity index (χ1) is 10.5. The second-order valence-electron chi connectivity index (χ2n) is 5.46. The average molecular weight is 333 g/mol. The lowest BCUT2D eigenvalue weighted by molar-refractivity contribution is 0.104. The van der Waals surface area contributed by atoms with Crippen LogP contribution in [-0.4, -0.2) is 5.78 Å². The second-order valence-corrected chi connectivity index (χ2v) is 6.89. The highest BCUT2D eigenvalue weighted by Gasteiger charge is 2.21. The van der Waals surface area contributed by atoms with Gasteiger partial charge in [-0.25, -0.2) is 4.39 Å². The zero-order chi connectivity index (χ0) is 15.9. The summed E-state index contributed by atoms with van der Waals surface area (Å²) in [6.45, 7) is 4.10. The third-order valence-electron chi connectivity index (χ3n) is 3.63. The highest BCUT2D eigenvalue weighted by Crippen LogP contribution is 2.37. The van der Waals surface area contributed by atoms with Crippen molar-refractivity contribution in [2.24, 2.45) is 0 Å². The van der Waals surface area contributed by atoms with Gasteiger partial charge in [0.15, 0.2) is 0 Å². The van der Waals surface area contributed by atoms with E-state index in [9.17, 15) is 9.18 Å². The lowest BCUT2D eigenvalue weighted by Gasteiger charge is -2.10. The van der Waals surface area contributed by atoms with Gasteiger partial charge in [0, 0.05) is 15.6 Å². The van der Waals surface area contributed by atoms with E-state index in [-0.39, 0.29) is 17.5 Å². The zero-order valence-electron chi connectivity index (χ0n) is 12.2. The SMILES string of the molecule is CC(C)c1ccccc1C(=O)c1sc2cc(F)ccc2c1Cl. The summed E-state index contributed by atoms with van der Waals surface area (Å²) in [6, 6.07) is 11.9. The van der Waals surface area contributed by atoms with Gasteiger partial charge in [0.1, 0.15) is 5.82 Å². The Balaban J connectivity index is 2.16. The van der Waals surface area contributed by atoms with Crippen molar-refractivity contribution in [3.8, 4) is 0 Å². The molecule has 0 aliphatic rings. The Labute approximate surface area is 137 Å². The molecule has 1 nitrogen and oxygen atoms in total. The molecule has 0 fully saturated rings. The molecule has 4 heteroatoms. The molecule has 1 heterocycles. The standard InChI is InChI=1S/C18H14ClFOS/c1-10(2)12-5-3-4-6-13(12)17(21)18-16(19)14-8-7-11(20)9-15(14)22-18/h3-10H,1-2H3. The number of carbonyl (C=O) groups excluding carboxylic acids is 1. The van der Waals surface area contributed by atoms with Crippen LogP contribution in [0.4, 0.5) is 4.39 Å². The number of hydrogen-bond donors (Lipinski definition) is 0. The van der Waals surface area contributed by atoms with Crippen LogP contribution in [0.3, 0.4) is 0 Å². The van der Waals surface area contributed by atoms with Gasteiger partial charge in [-0.2, -0.15) is 0 Å². The van der Waals surface area contributed by atoms with Crippen molar-refractivity contribution in [2.45, 2.75) is 19.8 Å². The molecule has 0 bridgehead atoms. The van der Waals surface area contributed by atoms with Crippen LogP contribution in [0.15, 0.2) is 42.5 Å². The summed E-state index contributed by atoms with van der Waals surface area (Å²) in [5.41, 5.74) is 1.65. The highest BCUT2D eigenvalue weighted by atomic mass is 35.5. The average Bonchev–Trinajstić information content (AvgIpc) is 2.82. The predicted octanol–water partition coefficient (Wildman–Crippen LogP) is 6.05. The molecule has 112 valence electrons. The molecule has 0 N–H and O–H groups in total. The smallest absolute Gasteiger partial charge is 0.204 e. The Kier molecular flexibility index (Phi) is 4.02. The van der Waals surface area contributed by atoms with Gasteiger partial charge in [0.2, 0.25) is 5.78 Å². The van der Waals surface area contributed by atoms with Crippen molar-refractivity contribution in [3.05, 3.63) is 69.3 Å². The predicted molar refractivity (Wildman–Crippen MR) is 90.8 cm³/mol. The first-order valence-corrected chi connectivity index (χ1v) is 8.19. The zero-order valence-corrected chi connectivity index (χ0v) is 13.8. The van der Waals surface area contributed by atoms with E-state index < -0.39 is 0 Å². The molecule has 3 aromatic rings. The van der Waals surface area contributed by atoms with Crippen LogP contribution < -0.4 is 0 Å². The molecule has 22 heavy (non-hydrogen) atoms. The van der Waals surface area contributed by atoms with Crippen LogP contribution in [0.5, 0.6) is 0 Å². The van der Waals surface area contributed by atoms with Crippen molar-refractivity contribution in [3.63, 3.8) is 0 Å². The fourth-order valence-electron chi connectivity index (χ4n) is 2.51. The second kappa shape index (κ2) is 5.82. The van der Waals surface area contributed by atoms with E-state index in [0.717, 1.165) is 10.9 Å². The summed E-state index contributed by atoms with van der Waals surface area (Å²) in [5.74, 6) is -0.186. The number of thiophene rings is 1. The molecule has 0 spiro atoms. The van der Waals surface area contributed by atoms with Crippen LogP contribution in [0.1, 0.15) is 40.6 Å². The molecule has 1 aromatic heterocycles. The van der Waals surface area contributed by atoms with Gasteiger partial charge in [-0.15, -0.1) is 11.3 Å². The first kappa shape index (κ1) is 15.2. The monoisotopic (exact) mass is 332 g/mol. The van der Waals surface area contributed by atoms with Crippen LogP contribution in [0, 0.1) is 5.82 Å². The third-order valence-corrected chi connectivity index (χ3v) is 5.28. The molecule has 0 saturated carbocycles. The summed E-state index contributed by atoms with van der Waals surface area (Å²) < 4.78 is 14.0. The van der Waals surface area contributed by atoms with Gasteiger partial charge in [-0.3, -0.25) is 4.79 Å². The van der Waals surface area contributed by atoms with Crippen molar-refractivity contribution in [1.82, 2.24) is 0 Å². The van der Waals surface area contributed by atoms with E-state index in [1.807, 2.05) is 38.1 Å². The van der Waals surface area contributed by atoms with Gasteiger partial charge in [-0.1, -0.05) is 49.7 Å². The number of halogens is 2. The largest absolute Gasteiger partial charge is 0.288 e. The Bertz CT molecular complexity index is 867. The third kappa shape index (κ3) is 2.55. The fourth-order valence-corrected chi connectivity index (χ4v) is 4.01. The Morgan fingerprint density at radius 2 is 1.91 bits per heavy atom. The number of fused-ring (bicyclic) bond motifs is 1. The molecule has 0 aliphatic heterocycles. The van der Waals surface area contributed by atoms with E-state index in [2.05, 4.69) is 0 Å². The molecule has 3 rings (SSSR count). The van der Waals surface area contributed by atoms with Crippen LogP contribution in [-0.2, 0) is 0 Å². The van der Waals surface area contributed by atoms with Gasteiger partial charge < -0.3 is 0 Å². The topological polar surface area (TPSA) is 17.1 Å². The van der Waals surface area contributed by atoms with Gasteiger partial charge in [-0.05, 0) is 29.7 Å². The van der Waals surface area contributed by atoms with E-state index in [0.29, 0.717) is 20.2 Å². The van der Waals surface area contributed by atoms with Crippen molar-refractivity contribution >= 4 is 38.8 Å². The molecule has 0 amide bonds. The summed E-state index contributed by atoms with van der Waals surface area (Å²) in [7, 11) is 0. The minimum atomic E-state index is -0.327. The normalized spacial score (nSPS) is 11.3. The number of ketones is 1. The van der Waals surface area contributed by atoms with E-state index in [1.54, 1.807) is 6.07 Å². The maximum Gasteiger partial charge on any atom is 0.204 e. The van der Waals surface area contributed by atoms with Gasteiger partial charge in [0.25, 0.3) is 0 Å². The van der Waals surface area contributed by atoms with Crippen molar-refractivity contribution in [1.29, 1.82) is 0 Å². The minimum Gasteiger partial charge on any atom is -0.288 e. The van der Waals surface area contributed by atoms with Crippen LogP contribution in [0.2, 0.25) is 5.02 Å². The number of carbonyl (C=O) groups is 1. The lowest BCUT2D eigenvalue weighted by Crippen LogP contribution is -2.05. The minimum absolute atomic E-state index is 0.101. The first-order valence-electron chi connectivity index (χ1n) is 7.00. The molecule has 2 aromatic carbocycles. The summed E-state index contributed by atoms with van der Waals surface area (Å²) >= 11 is 7.59. The Morgan fingerprint density at radius 1 is 1.18 bits per heavy atom. The highest BCUT2D eigenvalue weighted by molar-refractivity contribution is 7.21. The molecule has 0 unspecified atom stereocenters. The van der Waals surface area contributed by atoms with Gasteiger partial charge >= 0.3 is 0 Å². The maximum atomic E-state index is 13.4. The van der Waals surface area contributed by atoms with Gasteiger partial charge in [0.05, 0.1) is 9.90 Å². The molecular formula is C18H14ClFOS. The molecule has 0 atom stereocenters. The Morgan fingerprint density at radius 3 is 2.64 bits per heavy atom. The molecular weight excluding hydrogens is 319 g/mol. The molecule has 0 radical (unpaired) electrons. The summed E-state index contributed by atoms with van der Waals surface area (Å²) in [5, 5.41) is 1.13. The number of benzene rings is 2. The van der Waals surface area contributed by atoms with Crippen molar-refractivity contribution in [2.75, 3.05) is 0 Å². The van der Waals surface area contributed by atoms with Crippen LogP contribution >= 0.6 is 22.9 Å².